The zero-order valence-electron chi connectivity index (χ0n) is 9.86. The fourth-order valence-corrected chi connectivity index (χ4v) is 3.58. The molecule has 3 aliphatic carbocycles. The van der Waals surface area contributed by atoms with Crippen LogP contribution in [-0.4, -0.2) is 35.6 Å². The van der Waals surface area contributed by atoms with Crippen LogP contribution in [0.2, 0.25) is 0 Å². The number of rotatable bonds is 3. The van der Waals surface area contributed by atoms with Crippen LogP contribution in [0.5, 0.6) is 0 Å². The molecule has 3 heteroatoms. The van der Waals surface area contributed by atoms with Gasteiger partial charge in [-0.05, 0) is 30.1 Å². The maximum absolute atomic E-state index is 10.6. The van der Waals surface area contributed by atoms with Crippen LogP contribution in [0.25, 0.3) is 0 Å². The van der Waals surface area contributed by atoms with E-state index in [1.807, 2.05) is 0 Å². The molecular formula is C12H22O3. The number of ether oxygens (including phenoxy) is 1. The Kier molecular flexibility index (Phi) is 2.61. The maximum Gasteiger partial charge on any atom is 0.0960 e. The number of fused-ring (bicyclic) bond motifs is 2. The first kappa shape index (κ1) is 11.4. The molecule has 3 fully saturated rings. The fourth-order valence-electron chi connectivity index (χ4n) is 3.58. The van der Waals surface area contributed by atoms with E-state index in [2.05, 4.69) is 13.8 Å². The fraction of sp³-hybridized carbons (Fsp3) is 1.00. The van der Waals surface area contributed by atoms with Crippen molar-refractivity contribution in [3.05, 3.63) is 0 Å². The minimum atomic E-state index is -0.922. The van der Waals surface area contributed by atoms with Crippen LogP contribution in [0.4, 0.5) is 0 Å². The summed E-state index contributed by atoms with van der Waals surface area (Å²) in [4.78, 5) is 0. The van der Waals surface area contributed by atoms with Crippen molar-refractivity contribution in [2.24, 2.45) is 17.3 Å². The Labute approximate surface area is 91.4 Å². The van der Waals surface area contributed by atoms with Gasteiger partial charge >= 0.3 is 0 Å². The van der Waals surface area contributed by atoms with E-state index in [1.54, 1.807) is 7.11 Å². The van der Waals surface area contributed by atoms with Gasteiger partial charge < -0.3 is 14.9 Å². The van der Waals surface area contributed by atoms with Gasteiger partial charge in [0.2, 0.25) is 0 Å². The third kappa shape index (κ3) is 1.44. The van der Waals surface area contributed by atoms with E-state index < -0.39 is 11.7 Å². The van der Waals surface area contributed by atoms with Crippen LogP contribution < -0.4 is 0 Å². The lowest BCUT2D eigenvalue weighted by molar-refractivity contribution is -0.258. The zero-order valence-corrected chi connectivity index (χ0v) is 9.86. The number of hydrogen-bond acceptors (Lipinski definition) is 3. The lowest BCUT2D eigenvalue weighted by Gasteiger charge is -2.65. The van der Waals surface area contributed by atoms with E-state index in [9.17, 15) is 10.2 Å². The number of aliphatic hydroxyl groups excluding tert-OH is 1. The van der Waals surface area contributed by atoms with Gasteiger partial charge in [-0.25, -0.2) is 0 Å². The van der Waals surface area contributed by atoms with Crippen LogP contribution in [0, 0.1) is 17.3 Å². The van der Waals surface area contributed by atoms with Crippen molar-refractivity contribution in [3.63, 3.8) is 0 Å². The zero-order chi connectivity index (χ0) is 11.3. The highest BCUT2D eigenvalue weighted by Crippen LogP contribution is 2.63. The van der Waals surface area contributed by atoms with Gasteiger partial charge in [-0.2, -0.15) is 0 Å². The Balaban J connectivity index is 2.14. The number of hydrogen-bond donors (Lipinski definition) is 2. The lowest BCUT2D eigenvalue weighted by Crippen LogP contribution is -2.67. The molecule has 3 nitrogen and oxygen atoms in total. The largest absolute Gasteiger partial charge is 0.390 e. The number of aliphatic hydroxyl groups is 2. The Morgan fingerprint density at radius 2 is 2.00 bits per heavy atom. The molecule has 0 aromatic carbocycles. The van der Waals surface area contributed by atoms with E-state index >= 15 is 0 Å². The van der Waals surface area contributed by atoms with Crippen molar-refractivity contribution in [3.8, 4) is 0 Å². The van der Waals surface area contributed by atoms with Gasteiger partial charge in [0.05, 0.1) is 11.7 Å². The van der Waals surface area contributed by atoms with Crippen LogP contribution in [0.3, 0.4) is 0 Å². The second-order valence-electron chi connectivity index (χ2n) is 5.79. The Hall–Kier alpha value is -0.120. The highest BCUT2D eigenvalue weighted by atomic mass is 16.5. The summed E-state index contributed by atoms with van der Waals surface area (Å²) in [5.41, 5.74) is -0.740. The van der Waals surface area contributed by atoms with Crippen LogP contribution in [0.15, 0.2) is 0 Å². The summed E-state index contributed by atoms with van der Waals surface area (Å²) >= 11 is 0. The van der Waals surface area contributed by atoms with Crippen LogP contribution in [0.1, 0.15) is 33.1 Å². The van der Waals surface area contributed by atoms with Crippen molar-refractivity contribution < 1.29 is 14.9 Å². The van der Waals surface area contributed by atoms with E-state index in [0.29, 0.717) is 18.9 Å². The van der Waals surface area contributed by atoms with E-state index in [4.69, 9.17) is 4.74 Å². The van der Waals surface area contributed by atoms with Crippen LogP contribution >= 0.6 is 0 Å². The summed E-state index contributed by atoms with van der Waals surface area (Å²) in [5.74, 6) is 0.814. The highest BCUT2D eigenvalue weighted by molar-refractivity contribution is 5.13. The summed E-state index contributed by atoms with van der Waals surface area (Å²) in [6.07, 6.45) is 1.78. The highest BCUT2D eigenvalue weighted by Gasteiger charge is 2.64. The molecule has 2 bridgehead atoms. The normalized spacial score (nSPS) is 47.4. The first-order valence-corrected chi connectivity index (χ1v) is 5.82. The molecule has 3 saturated carbocycles. The first-order valence-electron chi connectivity index (χ1n) is 5.82. The van der Waals surface area contributed by atoms with Crippen molar-refractivity contribution >= 4 is 0 Å². The molecule has 0 unspecified atom stereocenters. The molecular weight excluding hydrogens is 192 g/mol. The third-order valence-electron chi connectivity index (χ3n) is 4.87. The van der Waals surface area contributed by atoms with Crippen molar-refractivity contribution in [2.45, 2.75) is 44.8 Å². The minimum absolute atomic E-state index is 0.182. The van der Waals surface area contributed by atoms with E-state index in [0.717, 1.165) is 12.8 Å². The average molecular weight is 214 g/mol. The molecule has 88 valence electrons. The van der Waals surface area contributed by atoms with Gasteiger partial charge in [0.15, 0.2) is 0 Å². The molecule has 0 spiro atoms. The Morgan fingerprint density at radius 3 is 2.53 bits per heavy atom. The third-order valence-corrected chi connectivity index (χ3v) is 4.87. The molecule has 4 atom stereocenters. The summed E-state index contributed by atoms with van der Waals surface area (Å²) in [7, 11) is 1.63. The molecule has 3 aliphatic rings. The predicted molar refractivity (Wildman–Crippen MR) is 57.4 cm³/mol. The minimum Gasteiger partial charge on any atom is -0.390 e. The van der Waals surface area contributed by atoms with Gasteiger partial charge in [0, 0.05) is 20.1 Å². The Bertz CT molecular complexity index is 251. The standard InChI is InChI=1S/C12H22O3/c1-11(2)8-6-9(11)12(14,4-5-15-3)10(13)7-8/h8-10,13-14H,4-7H2,1-3H3/t8-,9-,10+,12-/m1/s1. The van der Waals surface area contributed by atoms with Gasteiger partial charge in [0.25, 0.3) is 0 Å². The van der Waals surface area contributed by atoms with Crippen molar-refractivity contribution in [1.82, 2.24) is 0 Å². The topological polar surface area (TPSA) is 49.7 Å². The van der Waals surface area contributed by atoms with Crippen molar-refractivity contribution in [1.29, 1.82) is 0 Å². The van der Waals surface area contributed by atoms with Gasteiger partial charge in [-0.3, -0.25) is 0 Å². The molecule has 0 amide bonds. The quantitative estimate of drug-likeness (QED) is 0.741. The SMILES string of the molecule is COCC[C@@]1(O)[C@@H]2C[C@H](C[C@@H]1O)C2(C)C. The molecule has 0 heterocycles. The molecule has 0 radical (unpaired) electrons. The average Bonchev–Trinajstić information content (AvgIpc) is 2.18. The Morgan fingerprint density at radius 1 is 1.33 bits per heavy atom. The summed E-state index contributed by atoms with van der Waals surface area (Å²) < 4.78 is 5.02. The smallest absolute Gasteiger partial charge is 0.0960 e. The molecule has 0 aromatic rings. The number of methoxy groups -OCH3 is 1. The molecule has 15 heavy (non-hydrogen) atoms. The van der Waals surface area contributed by atoms with Crippen molar-refractivity contribution in [2.75, 3.05) is 13.7 Å². The van der Waals surface area contributed by atoms with Crippen LogP contribution in [-0.2, 0) is 4.74 Å². The second kappa shape index (κ2) is 3.44. The molecule has 2 N–H and O–H groups in total. The van der Waals surface area contributed by atoms with Gasteiger partial charge in [0.1, 0.15) is 0 Å². The van der Waals surface area contributed by atoms with Gasteiger partial charge in [-0.1, -0.05) is 13.8 Å². The van der Waals surface area contributed by atoms with E-state index in [1.165, 1.54) is 0 Å². The summed E-state index contributed by atoms with van der Waals surface area (Å²) in [6, 6.07) is 0. The molecule has 0 aliphatic heterocycles. The first-order chi connectivity index (χ1) is 6.93. The second-order valence-corrected chi connectivity index (χ2v) is 5.79. The predicted octanol–water partition coefficient (Wildman–Crippen LogP) is 1.18. The molecule has 3 rings (SSSR count). The maximum atomic E-state index is 10.6. The molecule has 0 aromatic heterocycles. The summed E-state index contributed by atoms with van der Waals surface area (Å²) in [6.45, 7) is 4.93. The monoisotopic (exact) mass is 214 g/mol. The van der Waals surface area contributed by atoms with E-state index in [-0.39, 0.29) is 11.3 Å². The summed E-state index contributed by atoms with van der Waals surface area (Å²) in [5, 5.41) is 20.6. The lowest BCUT2D eigenvalue weighted by atomic mass is 9.43. The molecule has 0 saturated heterocycles. The van der Waals surface area contributed by atoms with Gasteiger partial charge in [-0.15, -0.1) is 0 Å².